The summed E-state index contributed by atoms with van der Waals surface area (Å²) < 4.78 is 13.5. The molecule has 13 heteroatoms. The van der Waals surface area contributed by atoms with Crippen LogP contribution in [-0.4, -0.2) is 76.6 Å². The summed E-state index contributed by atoms with van der Waals surface area (Å²) in [7, 11) is 0. The van der Waals surface area contributed by atoms with Crippen LogP contribution >= 0.6 is 0 Å². The van der Waals surface area contributed by atoms with E-state index in [0.29, 0.717) is 56.4 Å². The molecule has 1 saturated heterocycles. The first-order chi connectivity index (χ1) is 23.9. The zero-order valence-corrected chi connectivity index (χ0v) is 29.5. The van der Waals surface area contributed by atoms with Gasteiger partial charge in [0.15, 0.2) is 0 Å². The molecule has 1 aromatic carbocycles. The van der Waals surface area contributed by atoms with Crippen molar-refractivity contribution in [2.75, 3.05) is 44.7 Å². The van der Waals surface area contributed by atoms with Crippen LogP contribution < -0.4 is 26.2 Å². The van der Waals surface area contributed by atoms with Crippen LogP contribution in [0.5, 0.6) is 5.75 Å². The molecule has 0 radical (unpaired) electrons. The van der Waals surface area contributed by atoms with Crippen LogP contribution in [0.15, 0.2) is 48.7 Å². The van der Waals surface area contributed by atoms with Gasteiger partial charge in [0, 0.05) is 43.1 Å². The molecule has 3 aliphatic rings. The lowest BCUT2D eigenvalue weighted by molar-refractivity contribution is 0.0383. The highest BCUT2D eigenvalue weighted by atomic mass is 16.5. The predicted molar refractivity (Wildman–Crippen MR) is 190 cm³/mol. The maximum Gasteiger partial charge on any atom is 0.320 e. The number of amides is 3. The predicted octanol–water partition coefficient (Wildman–Crippen LogP) is 4.91. The van der Waals surface area contributed by atoms with E-state index < -0.39 is 11.9 Å². The third-order valence-electron chi connectivity index (χ3n) is 9.97. The van der Waals surface area contributed by atoms with Gasteiger partial charge in [0.2, 0.25) is 5.82 Å². The number of fused-ring (bicyclic) bond motifs is 1. The van der Waals surface area contributed by atoms with Gasteiger partial charge in [-0.1, -0.05) is 58.4 Å². The zero-order chi connectivity index (χ0) is 35.5. The third kappa shape index (κ3) is 8.05. The molecule has 3 aromatic rings. The molecule has 2 aromatic heterocycles. The summed E-state index contributed by atoms with van der Waals surface area (Å²) >= 11 is 0. The maximum absolute atomic E-state index is 13.4. The Hall–Kier alpha value is -4.62. The van der Waals surface area contributed by atoms with Crippen LogP contribution in [0, 0.1) is 16.2 Å². The number of benzene rings is 1. The number of morpholine rings is 1. The van der Waals surface area contributed by atoms with E-state index in [-0.39, 0.29) is 40.1 Å². The lowest BCUT2D eigenvalue weighted by atomic mass is 9.69. The van der Waals surface area contributed by atoms with Crippen LogP contribution in [0.2, 0.25) is 0 Å². The molecule has 50 heavy (non-hydrogen) atoms. The lowest BCUT2D eigenvalue weighted by Crippen LogP contribution is -2.42. The number of carbonyl (C=O) groups is 2. The number of carbonyl (C=O) groups excluding carboxylic acids is 2. The molecule has 2 atom stereocenters. The zero-order valence-electron chi connectivity index (χ0n) is 29.5. The van der Waals surface area contributed by atoms with Gasteiger partial charge in [0.05, 0.1) is 31.1 Å². The van der Waals surface area contributed by atoms with E-state index in [1.165, 1.54) is 0 Å². The molecule has 266 valence electrons. The highest BCUT2D eigenvalue weighted by Crippen LogP contribution is 2.42. The first-order valence-corrected chi connectivity index (χ1v) is 17.6. The van der Waals surface area contributed by atoms with Crippen molar-refractivity contribution in [3.05, 3.63) is 76.8 Å². The van der Waals surface area contributed by atoms with Gasteiger partial charge in [-0.05, 0) is 48.9 Å². The van der Waals surface area contributed by atoms with Gasteiger partial charge in [-0.25, -0.2) is 14.8 Å². The van der Waals surface area contributed by atoms with Crippen molar-refractivity contribution in [3.8, 4) is 5.75 Å². The Bertz CT molecular complexity index is 1790. The molecule has 13 nitrogen and oxygen atoms in total. The van der Waals surface area contributed by atoms with Gasteiger partial charge in [-0.2, -0.15) is 0 Å². The monoisotopic (exact) mass is 683 g/mol. The van der Waals surface area contributed by atoms with Crippen LogP contribution in [0.1, 0.15) is 99.4 Å². The first kappa shape index (κ1) is 35.2. The molecule has 2 fully saturated rings. The summed E-state index contributed by atoms with van der Waals surface area (Å²) in [5, 5.41) is 26.1. The molecular weight excluding hydrogens is 634 g/mol. The van der Waals surface area contributed by atoms with E-state index in [2.05, 4.69) is 37.7 Å². The van der Waals surface area contributed by atoms with Crippen LogP contribution in [0.3, 0.4) is 0 Å². The van der Waals surface area contributed by atoms with Gasteiger partial charge in [0.25, 0.3) is 5.91 Å². The lowest BCUT2D eigenvalue weighted by Gasteiger charge is -2.39. The smallest absolute Gasteiger partial charge is 0.320 e. The molecule has 0 bridgehead atoms. The van der Waals surface area contributed by atoms with Crippen LogP contribution in [-0.2, 0) is 10.2 Å². The number of urea groups is 1. The number of nitrogens with one attached hydrogen (secondary N) is 5. The number of aromatic nitrogens is 3. The average Bonchev–Trinajstić information content (AvgIpc) is 3.08. The van der Waals surface area contributed by atoms with Crippen molar-refractivity contribution in [1.29, 1.82) is 10.8 Å². The molecular formula is C37H49N9O4. The Balaban J connectivity index is 1.12. The Kier molecular flexibility index (Phi) is 10.4. The fourth-order valence-corrected chi connectivity index (χ4v) is 6.70. The summed E-state index contributed by atoms with van der Waals surface area (Å²) in [4.78, 5) is 37.7. The second-order valence-electron chi connectivity index (χ2n) is 14.8. The number of nitrogens with zero attached hydrogens (tertiary/aromatic N) is 4. The standard InChI is InChI=1S/C37H49N9O4/c1-36(2,3)29-22-31(43-32(42-29)33(47)40-16-17-45-18-20-49-21-19-45)44-35(48)41-27-11-12-28(26-9-6-5-8-25(26)27)50-24-10-13-30(38)46(23-24)34(39)37(4)14-7-15-37/h5-6,8-10,13,22-23,27-28,38-39H,7,11-12,14-21H2,1-4H3,(H,40,47)(H2,41,42,43,44,48)/t27-,28+/m0/s1. The minimum absolute atomic E-state index is 0.00871. The second kappa shape index (κ2) is 14.7. The third-order valence-corrected chi connectivity index (χ3v) is 9.97. The quantitative estimate of drug-likeness (QED) is 0.158. The molecule has 2 aliphatic carbocycles. The summed E-state index contributed by atoms with van der Waals surface area (Å²) in [5.41, 5.74) is 2.22. The highest BCUT2D eigenvalue weighted by molar-refractivity contribution is 5.92. The number of hydrogen-bond acceptors (Lipinski definition) is 9. The van der Waals surface area contributed by atoms with Crippen molar-refractivity contribution in [3.63, 3.8) is 0 Å². The normalized spacial score (nSPS) is 20.2. The van der Waals surface area contributed by atoms with E-state index in [9.17, 15) is 9.59 Å². The SMILES string of the molecule is CC1(C(=N)n2cc(O[C@@H]3CC[C@H](NC(=O)Nc4cc(C(C)(C)C)nc(C(=O)NCCN5CCOCC5)n4)c4ccccc43)ccc2=N)CCC1. The van der Waals surface area contributed by atoms with Gasteiger partial charge in [-0.15, -0.1) is 0 Å². The number of anilines is 1. The Labute approximate surface area is 293 Å². The van der Waals surface area contributed by atoms with Crippen molar-refractivity contribution in [2.24, 2.45) is 5.41 Å². The molecule has 5 N–H and O–H groups in total. The van der Waals surface area contributed by atoms with E-state index in [1.807, 2.05) is 45.0 Å². The maximum atomic E-state index is 13.4. The molecule has 0 unspecified atom stereocenters. The average molecular weight is 684 g/mol. The summed E-state index contributed by atoms with van der Waals surface area (Å²) in [6.45, 7) is 12.3. The Morgan fingerprint density at radius 1 is 1.06 bits per heavy atom. The van der Waals surface area contributed by atoms with Gasteiger partial charge >= 0.3 is 6.03 Å². The van der Waals surface area contributed by atoms with E-state index in [0.717, 1.165) is 43.5 Å². The molecule has 0 spiro atoms. The Morgan fingerprint density at radius 2 is 1.80 bits per heavy atom. The van der Waals surface area contributed by atoms with Crippen LogP contribution in [0.4, 0.5) is 10.6 Å². The van der Waals surface area contributed by atoms with Crippen LogP contribution in [0.25, 0.3) is 0 Å². The summed E-state index contributed by atoms with van der Waals surface area (Å²) in [6, 6.07) is 12.4. The van der Waals surface area contributed by atoms with Crippen molar-refractivity contribution in [2.45, 2.75) is 77.4 Å². The van der Waals surface area contributed by atoms with Gasteiger partial charge < -0.3 is 20.1 Å². The summed E-state index contributed by atoms with van der Waals surface area (Å²) in [5.74, 6) is 0.885. The van der Waals surface area contributed by atoms with Crippen molar-refractivity contribution >= 4 is 23.6 Å². The van der Waals surface area contributed by atoms with Gasteiger partial charge in [0.1, 0.15) is 29.0 Å². The minimum atomic E-state index is -0.434. The highest BCUT2D eigenvalue weighted by Gasteiger charge is 2.37. The molecule has 6 rings (SSSR count). The largest absolute Gasteiger partial charge is 0.484 e. The molecule has 1 saturated carbocycles. The fourth-order valence-electron chi connectivity index (χ4n) is 6.70. The van der Waals surface area contributed by atoms with Gasteiger partial charge in [-0.3, -0.25) is 30.4 Å². The number of ether oxygens (including phenoxy) is 2. The van der Waals surface area contributed by atoms with E-state index in [1.54, 1.807) is 29.0 Å². The summed E-state index contributed by atoms with van der Waals surface area (Å²) in [6.07, 6.45) is 5.77. The number of pyridine rings is 1. The molecule has 3 heterocycles. The fraction of sp³-hybridized carbons (Fsp3) is 0.514. The minimum Gasteiger partial charge on any atom is -0.484 e. The first-order valence-electron chi connectivity index (χ1n) is 17.6. The van der Waals surface area contributed by atoms with E-state index >= 15 is 0 Å². The van der Waals surface area contributed by atoms with E-state index in [4.69, 9.17) is 20.3 Å². The second-order valence-corrected chi connectivity index (χ2v) is 14.8. The molecule has 3 amide bonds. The molecule has 1 aliphatic heterocycles. The number of hydrogen-bond donors (Lipinski definition) is 5. The topological polar surface area (TPSA) is 170 Å². The van der Waals surface area contributed by atoms with Crippen molar-refractivity contribution < 1.29 is 19.1 Å². The Morgan fingerprint density at radius 3 is 2.50 bits per heavy atom. The van der Waals surface area contributed by atoms with Crippen molar-refractivity contribution in [1.82, 2.24) is 30.1 Å². The number of rotatable bonds is 9.